The summed E-state index contributed by atoms with van der Waals surface area (Å²) < 4.78 is 28.2. The van der Waals surface area contributed by atoms with Crippen molar-refractivity contribution in [1.82, 2.24) is 9.80 Å². The molecule has 2 aliphatic rings. The highest BCUT2D eigenvalue weighted by Gasteiger charge is 2.12. The van der Waals surface area contributed by atoms with Crippen molar-refractivity contribution < 1.29 is 23.7 Å². The Kier molecular flexibility index (Phi) is 9.50. The molecule has 0 bridgehead atoms. The fourth-order valence-electron chi connectivity index (χ4n) is 3.90. The van der Waals surface area contributed by atoms with E-state index in [0.717, 1.165) is 82.8 Å². The Morgan fingerprint density at radius 2 is 1.35 bits per heavy atom. The lowest BCUT2D eigenvalue weighted by Crippen LogP contribution is -2.38. The van der Waals surface area contributed by atoms with Gasteiger partial charge in [-0.2, -0.15) is 0 Å². The van der Waals surface area contributed by atoms with Crippen molar-refractivity contribution in [1.29, 1.82) is 0 Å². The fourth-order valence-corrected chi connectivity index (χ4v) is 3.90. The number of hydrogen-bond acceptors (Lipinski definition) is 9. The molecule has 9 heteroatoms. The van der Waals surface area contributed by atoms with Crippen molar-refractivity contribution >= 4 is 11.4 Å². The smallest absolute Gasteiger partial charge is 0.163 e. The number of ether oxygens (including phenoxy) is 5. The molecule has 2 heterocycles. The van der Waals surface area contributed by atoms with Gasteiger partial charge in [-0.05, 0) is 24.3 Å². The van der Waals surface area contributed by atoms with Crippen LogP contribution in [0.25, 0.3) is 0 Å². The van der Waals surface area contributed by atoms with Crippen molar-refractivity contribution in [3.8, 4) is 17.2 Å². The summed E-state index contributed by atoms with van der Waals surface area (Å²) in [4.78, 5) is 4.70. The number of benzene rings is 2. The van der Waals surface area contributed by atoms with Crippen LogP contribution in [0.2, 0.25) is 0 Å². The average molecular weight is 473 g/mol. The highest BCUT2D eigenvalue weighted by atomic mass is 16.5. The molecule has 9 nitrogen and oxygen atoms in total. The molecule has 0 radical (unpaired) electrons. The number of anilines is 2. The van der Waals surface area contributed by atoms with Crippen molar-refractivity contribution in [2.75, 3.05) is 96.9 Å². The molecule has 0 aliphatic carbocycles. The topological polar surface area (TPSA) is 76.7 Å². The van der Waals surface area contributed by atoms with E-state index in [0.29, 0.717) is 24.7 Å². The maximum atomic E-state index is 6.03. The van der Waals surface area contributed by atoms with Crippen molar-refractivity contribution in [2.24, 2.45) is 0 Å². The van der Waals surface area contributed by atoms with Crippen LogP contribution < -0.4 is 25.1 Å². The number of hydrazine groups is 1. The molecule has 34 heavy (non-hydrogen) atoms. The number of morpholine rings is 2. The maximum absolute atomic E-state index is 6.03. The number of rotatable bonds is 12. The standard InChI is InChI=1S/C25H36N4O5/c1-30-24-6-5-22(20-25(24)34-18-12-29-9-15-32-16-10-29)27-26-21-3-2-4-23(19-21)33-17-11-28-7-13-31-14-8-28/h2-6,19-20,26-27H,7-18H2,1H3. The van der Waals surface area contributed by atoms with Crippen LogP contribution in [0.1, 0.15) is 0 Å². The molecule has 0 amide bonds. The Morgan fingerprint density at radius 1 is 0.735 bits per heavy atom. The third-order valence-corrected chi connectivity index (χ3v) is 5.90. The first kappa shape index (κ1) is 24.4. The molecule has 2 aromatic rings. The van der Waals surface area contributed by atoms with Crippen LogP contribution in [0.3, 0.4) is 0 Å². The zero-order valence-corrected chi connectivity index (χ0v) is 20.0. The molecule has 0 aromatic heterocycles. The highest BCUT2D eigenvalue weighted by Crippen LogP contribution is 2.30. The van der Waals surface area contributed by atoms with Crippen LogP contribution in [0.15, 0.2) is 42.5 Å². The van der Waals surface area contributed by atoms with Crippen molar-refractivity contribution in [3.05, 3.63) is 42.5 Å². The van der Waals surface area contributed by atoms with E-state index in [4.69, 9.17) is 23.7 Å². The van der Waals surface area contributed by atoms with Gasteiger partial charge < -0.3 is 34.5 Å². The minimum Gasteiger partial charge on any atom is -0.493 e. The lowest BCUT2D eigenvalue weighted by atomic mass is 10.2. The van der Waals surface area contributed by atoms with Crippen molar-refractivity contribution in [3.63, 3.8) is 0 Å². The second-order valence-electron chi connectivity index (χ2n) is 8.25. The summed E-state index contributed by atoms with van der Waals surface area (Å²) in [5, 5.41) is 0. The van der Waals surface area contributed by atoms with Gasteiger partial charge in [0, 0.05) is 51.4 Å². The number of nitrogens with zero attached hydrogens (tertiary/aromatic N) is 2. The molecule has 186 valence electrons. The molecular formula is C25H36N4O5. The predicted molar refractivity (Wildman–Crippen MR) is 132 cm³/mol. The summed E-state index contributed by atoms with van der Waals surface area (Å²) in [6.07, 6.45) is 0. The SMILES string of the molecule is COc1ccc(NNc2cccc(OCCN3CCOCC3)c2)cc1OCCN1CCOCC1. The van der Waals surface area contributed by atoms with Gasteiger partial charge in [0.25, 0.3) is 0 Å². The Bertz CT molecular complexity index is 872. The summed E-state index contributed by atoms with van der Waals surface area (Å²) in [7, 11) is 1.65. The number of methoxy groups -OCH3 is 1. The minimum absolute atomic E-state index is 0.594. The van der Waals surface area contributed by atoms with E-state index < -0.39 is 0 Å². The van der Waals surface area contributed by atoms with Gasteiger partial charge in [-0.25, -0.2) is 0 Å². The minimum atomic E-state index is 0.594. The van der Waals surface area contributed by atoms with Gasteiger partial charge in [0.1, 0.15) is 19.0 Å². The van der Waals surface area contributed by atoms with Gasteiger partial charge >= 0.3 is 0 Å². The lowest BCUT2D eigenvalue weighted by Gasteiger charge is -2.26. The van der Waals surface area contributed by atoms with Crippen LogP contribution in [0.4, 0.5) is 11.4 Å². The lowest BCUT2D eigenvalue weighted by molar-refractivity contribution is 0.0321. The van der Waals surface area contributed by atoms with Gasteiger partial charge in [0.05, 0.1) is 44.9 Å². The zero-order valence-electron chi connectivity index (χ0n) is 20.0. The largest absolute Gasteiger partial charge is 0.493 e. The molecule has 2 saturated heterocycles. The monoisotopic (exact) mass is 472 g/mol. The Hall–Kier alpha value is -2.72. The molecule has 0 spiro atoms. The third kappa shape index (κ3) is 7.66. The molecule has 2 aromatic carbocycles. The average Bonchev–Trinajstić information content (AvgIpc) is 2.89. The molecule has 4 rings (SSSR count). The van der Waals surface area contributed by atoms with Crippen LogP contribution in [0, 0.1) is 0 Å². The van der Waals surface area contributed by atoms with Gasteiger partial charge in [0.2, 0.25) is 0 Å². The van der Waals surface area contributed by atoms with E-state index in [-0.39, 0.29) is 0 Å². The van der Waals surface area contributed by atoms with Crippen LogP contribution in [-0.4, -0.2) is 95.8 Å². The highest BCUT2D eigenvalue weighted by molar-refractivity contribution is 5.59. The van der Waals surface area contributed by atoms with E-state index in [1.807, 2.05) is 42.5 Å². The Labute approximate surface area is 201 Å². The molecule has 0 unspecified atom stereocenters. The quantitative estimate of drug-likeness (QED) is 0.453. The van der Waals surface area contributed by atoms with Crippen LogP contribution in [-0.2, 0) is 9.47 Å². The molecule has 0 atom stereocenters. The maximum Gasteiger partial charge on any atom is 0.163 e. The number of nitrogens with one attached hydrogen (secondary N) is 2. The van der Waals surface area contributed by atoms with Gasteiger partial charge in [0.15, 0.2) is 11.5 Å². The predicted octanol–water partition coefficient (Wildman–Crippen LogP) is 2.56. The zero-order chi connectivity index (χ0) is 23.4. The van der Waals surface area contributed by atoms with E-state index in [1.54, 1.807) is 7.11 Å². The Balaban J connectivity index is 1.25. The first-order valence-electron chi connectivity index (χ1n) is 12.0. The first-order chi connectivity index (χ1) is 16.8. The molecule has 0 saturated carbocycles. The van der Waals surface area contributed by atoms with E-state index >= 15 is 0 Å². The molecular weight excluding hydrogens is 436 g/mol. The Morgan fingerprint density at radius 3 is 2.00 bits per heavy atom. The molecule has 2 aliphatic heterocycles. The first-order valence-corrected chi connectivity index (χ1v) is 12.0. The second kappa shape index (κ2) is 13.2. The summed E-state index contributed by atoms with van der Waals surface area (Å²) in [6.45, 7) is 10.0. The van der Waals surface area contributed by atoms with E-state index in [2.05, 4.69) is 20.7 Å². The summed E-state index contributed by atoms with van der Waals surface area (Å²) >= 11 is 0. The second-order valence-corrected chi connectivity index (χ2v) is 8.25. The van der Waals surface area contributed by atoms with Gasteiger partial charge in [-0.15, -0.1) is 0 Å². The number of hydrogen-bond donors (Lipinski definition) is 2. The van der Waals surface area contributed by atoms with E-state index in [1.165, 1.54) is 0 Å². The summed E-state index contributed by atoms with van der Waals surface area (Å²) in [5.74, 6) is 2.26. The molecule has 2 N–H and O–H groups in total. The fraction of sp³-hybridized carbons (Fsp3) is 0.520. The van der Waals surface area contributed by atoms with Gasteiger partial charge in [-0.1, -0.05) is 6.07 Å². The third-order valence-electron chi connectivity index (χ3n) is 5.90. The van der Waals surface area contributed by atoms with Crippen molar-refractivity contribution in [2.45, 2.75) is 0 Å². The summed E-state index contributed by atoms with van der Waals surface area (Å²) in [6, 6.07) is 13.7. The van der Waals surface area contributed by atoms with Gasteiger partial charge in [-0.3, -0.25) is 9.80 Å². The summed E-state index contributed by atoms with van der Waals surface area (Å²) in [5.41, 5.74) is 8.26. The normalized spacial score (nSPS) is 17.2. The van der Waals surface area contributed by atoms with Crippen LogP contribution in [0.5, 0.6) is 17.2 Å². The van der Waals surface area contributed by atoms with Crippen LogP contribution >= 0.6 is 0 Å². The van der Waals surface area contributed by atoms with E-state index in [9.17, 15) is 0 Å². The molecule has 2 fully saturated rings.